The number of rotatable bonds is 10. The molecule has 3 aromatic rings. The second kappa shape index (κ2) is 12.9. The Bertz CT molecular complexity index is 1510. The molecule has 0 aliphatic rings. The first kappa shape index (κ1) is 32.6. The summed E-state index contributed by atoms with van der Waals surface area (Å²) in [6.07, 6.45) is -3.99. The van der Waals surface area contributed by atoms with Crippen molar-refractivity contribution in [2.75, 3.05) is 17.1 Å². The van der Waals surface area contributed by atoms with Gasteiger partial charge in [0.05, 0.1) is 17.5 Å². The van der Waals surface area contributed by atoms with Crippen LogP contribution in [0.1, 0.15) is 37.5 Å². The van der Waals surface area contributed by atoms with E-state index in [0.717, 1.165) is 29.4 Å². The maximum Gasteiger partial charge on any atom is 0.416 e. The first-order valence-electron chi connectivity index (χ1n) is 13.0. The van der Waals surface area contributed by atoms with Gasteiger partial charge in [0.1, 0.15) is 18.4 Å². The molecule has 1 N–H and O–H groups in total. The molecule has 0 aromatic heterocycles. The molecule has 3 rings (SSSR count). The van der Waals surface area contributed by atoms with Crippen LogP contribution in [0.3, 0.4) is 0 Å². The zero-order valence-corrected chi connectivity index (χ0v) is 24.5. The number of nitrogens with one attached hydrogen (secondary N) is 1. The van der Waals surface area contributed by atoms with Gasteiger partial charge in [0, 0.05) is 24.1 Å². The zero-order chi connectivity index (χ0) is 31.3. The van der Waals surface area contributed by atoms with E-state index in [1.165, 1.54) is 18.2 Å². The summed E-state index contributed by atoms with van der Waals surface area (Å²) in [4.78, 5) is 28.7. The highest BCUT2D eigenvalue weighted by atomic mass is 32.2. The van der Waals surface area contributed by atoms with Crippen LogP contribution in [-0.4, -0.2) is 49.5 Å². The number of amides is 2. The minimum Gasteiger partial charge on any atom is -0.350 e. The van der Waals surface area contributed by atoms with Crippen molar-refractivity contribution >= 4 is 27.5 Å². The highest BCUT2D eigenvalue weighted by molar-refractivity contribution is 7.92. The largest absolute Gasteiger partial charge is 0.416 e. The normalized spacial score (nSPS) is 12.9. The number of anilines is 1. The average Bonchev–Trinajstić information content (AvgIpc) is 2.88. The number of benzene rings is 3. The monoisotopic (exact) mass is 607 g/mol. The van der Waals surface area contributed by atoms with Crippen LogP contribution in [-0.2, 0) is 38.8 Å². The van der Waals surface area contributed by atoms with Crippen molar-refractivity contribution in [3.8, 4) is 0 Å². The number of sulfonamides is 1. The number of carbonyl (C=O) groups is 2. The van der Waals surface area contributed by atoms with Crippen LogP contribution in [0, 0.1) is 5.82 Å². The Hall–Kier alpha value is -3.93. The van der Waals surface area contributed by atoms with E-state index in [2.05, 4.69) is 5.32 Å². The van der Waals surface area contributed by atoms with E-state index >= 15 is 0 Å². The number of hydrogen-bond donors (Lipinski definition) is 1. The lowest BCUT2D eigenvalue weighted by molar-refractivity contribution is -0.140. The zero-order valence-electron chi connectivity index (χ0n) is 23.7. The molecule has 226 valence electrons. The summed E-state index contributed by atoms with van der Waals surface area (Å²) >= 11 is 0. The Labute approximate surface area is 243 Å². The molecule has 0 heterocycles. The Morgan fingerprint density at radius 3 is 2.10 bits per heavy atom. The summed E-state index contributed by atoms with van der Waals surface area (Å²) in [5.41, 5.74) is -1.45. The van der Waals surface area contributed by atoms with Gasteiger partial charge in [-0.1, -0.05) is 54.6 Å². The van der Waals surface area contributed by atoms with Gasteiger partial charge in [-0.2, -0.15) is 13.2 Å². The molecule has 0 spiro atoms. The molecular weight excluding hydrogens is 574 g/mol. The van der Waals surface area contributed by atoms with Crippen LogP contribution in [0.4, 0.5) is 23.2 Å². The second-order valence-electron chi connectivity index (χ2n) is 10.9. The highest BCUT2D eigenvalue weighted by Gasteiger charge is 2.36. The fourth-order valence-corrected chi connectivity index (χ4v) is 5.11. The van der Waals surface area contributed by atoms with Crippen LogP contribution in [0.2, 0.25) is 0 Å². The maximum atomic E-state index is 14.8. The van der Waals surface area contributed by atoms with Crippen molar-refractivity contribution in [2.45, 2.75) is 51.5 Å². The number of nitrogens with zero attached hydrogens (tertiary/aromatic N) is 2. The lowest BCUT2D eigenvalue weighted by Crippen LogP contribution is -2.56. The van der Waals surface area contributed by atoms with Gasteiger partial charge in [-0.15, -0.1) is 0 Å². The standard InChI is InChI=1S/C30H33F4N3O4S/c1-29(2,3)35-28(39)26(17-21-11-6-5-7-12-21)36(19-22-13-8-9-16-25(22)31)27(38)20-37(42(4,40)41)24-15-10-14-23(18-24)30(32,33)34/h5-16,18,26H,17,19-20H2,1-4H3,(H,35,39). The van der Waals surface area contributed by atoms with Crippen LogP contribution in [0.25, 0.3) is 0 Å². The maximum absolute atomic E-state index is 14.8. The molecular formula is C30H33F4N3O4S. The molecule has 0 bridgehead atoms. The van der Waals surface area contributed by atoms with Crippen molar-refractivity contribution in [3.63, 3.8) is 0 Å². The van der Waals surface area contributed by atoms with E-state index in [0.29, 0.717) is 15.9 Å². The summed E-state index contributed by atoms with van der Waals surface area (Å²) < 4.78 is 81.1. The molecule has 42 heavy (non-hydrogen) atoms. The smallest absolute Gasteiger partial charge is 0.350 e. The Morgan fingerprint density at radius 2 is 1.52 bits per heavy atom. The van der Waals surface area contributed by atoms with Gasteiger partial charge in [-0.05, 0) is 50.6 Å². The van der Waals surface area contributed by atoms with Gasteiger partial charge in [-0.3, -0.25) is 13.9 Å². The van der Waals surface area contributed by atoms with Crippen molar-refractivity contribution in [1.29, 1.82) is 0 Å². The molecule has 0 aliphatic carbocycles. The summed E-state index contributed by atoms with van der Waals surface area (Å²) in [6, 6.07) is 16.7. The lowest BCUT2D eigenvalue weighted by atomic mass is 10.0. The molecule has 3 aromatic carbocycles. The predicted molar refractivity (Wildman–Crippen MR) is 152 cm³/mol. The fourth-order valence-electron chi connectivity index (χ4n) is 4.27. The molecule has 0 radical (unpaired) electrons. The Balaban J connectivity index is 2.11. The lowest BCUT2D eigenvalue weighted by Gasteiger charge is -2.35. The van der Waals surface area contributed by atoms with Gasteiger partial charge in [0.2, 0.25) is 21.8 Å². The van der Waals surface area contributed by atoms with Crippen LogP contribution in [0.5, 0.6) is 0 Å². The molecule has 1 atom stereocenters. The van der Waals surface area contributed by atoms with E-state index in [4.69, 9.17) is 0 Å². The van der Waals surface area contributed by atoms with E-state index < -0.39 is 64.1 Å². The number of carbonyl (C=O) groups excluding carboxylic acids is 2. The summed E-state index contributed by atoms with van der Waals surface area (Å²) in [5, 5.41) is 2.83. The first-order valence-corrected chi connectivity index (χ1v) is 14.8. The molecule has 2 amide bonds. The summed E-state index contributed by atoms with van der Waals surface area (Å²) in [6.45, 7) is 3.90. The average molecular weight is 608 g/mol. The highest BCUT2D eigenvalue weighted by Crippen LogP contribution is 2.32. The number of alkyl halides is 3. The summed E-state index contributed by atoms with van der Waals surface area (Å²) in [7, 11) is -4.28. The molecule has 0 saturated carbocycles. The second-order valence-corrected chi connectivity index (χ2v) is 12.8. The number of hydrogen-bond acceptors (Lipinski definition) is 4. The minimum absolute atomic E-state index is 0.00534. The Kier molecular flexibility index (Phi) is 10.0. The molecule has 0 aliphatic heterocycles. The third kappa shape index (κ3) is 9.04. The fraction of sp³-hybridized carbons (Fsp3) is 0.333. The van der Waals surface area contributed by atoms with Gasteiger partial charge >= 0.3 is 6.18 Å². The van der Waals surface area contributed by atoms with Crippen molar-refractivity contribution in [2.24, 2.45) is 0 Å². The SMILES string of the molecule is CC(C)(C)NC(=O)C(Cc1ccccc1)N(Cc1ccccc1F)C(=O)CN(c1cccc(C(F)(F)F)c1)S(C)(=O)=O. The van der Waals surface area contributed by atoms with E-state index in [1.54, 1.807) is 57.2 Å². The van der Waals surface area contributed by atoms with Crippen LogP contribution in [0.15, 0.2) is 78.9 Å². The third-order valence-electron chi connectivity index (χ3n) is 6.21. The van der Waals surface area contributed by atoms with Crippen LogP contribution >= 0.6 is 0 Å². The van der Waals surface area contributed by atoms with E-state index in [9.17, 15) is 35.6 Å². The Morgan fingerprint density at radius 1 is 0.905 bits per heavy atom. The summed E-state index contributed by atoms with van der Waals surface area (Å²) in [5.74, 6) is -2.13. The molecule has 12 heteroatoms. The van der Waals surface area contributed by atoms with Gasteiger partial charge < -0.3 is 10.2 Å². The van der Waals surface area contributed by atoms with Crippen molar-refractivity contribution in [3.05, 3.63) is 101 Å². The number of halogens is 4. The van der Waals surface area contributed by atoms with Crippen molar-refractivity contribution < 1.29 is 35.6 Å². The molecule has 0 saturated heterocycles. The van der Waals surface area contributed by atoms with Crippen LogP contribution < -0.4 is 9.62 Å². The van der Waals surface area contributed by atoms with Crippen molar-refractivity contribution in [1.82, 2.24) is 10.2 Å². The molecule has 1 unspecified atom stereocenters. The van der Waals surface area contributed by atoms with E-state index in [-0.39, 0.29) is 17.7 Å². The predicted octanol–water partition coefficient (Wildman–Crippen LogP) is 5.17. The van der Waals surface area contributed by atoms with Gasteiger partial charge in [0.15, 0.2) is 0 Å². The van der Waals surface area contributed by atoms with Gasteiger partial charge in [-0.25, -0.2) is 12.8 Å². The minimum atomic E-state index is -4.76. The molecule has 7 nitrogen and oxygen atoms in total. The topological polar surface area (TPSA) is 86.8 Å². The van der Waals surface area contributed by atoms with Gasteiger partial charge in [0.25, 0.3) is 0 Å². The third-order valence-corrected chi connectivity index (χ3v) is 7.35. The quantitative estimate of drug-likeness (QED) is 0.323. The molecule has 0 fully saturated rings. The van der Waals surface area contributed by atoms with E-state index in [1.807, 2.05) is 0 Å². The first-order chi connectivity index (χ1) is 19.5.